The molecule has 32 heavy (non-hydrogen) atoms. The van der Waals surface area contributed by atoms with Gasteiger partial charge in [-0.1, -0.05) is 61.2 Å². The summed E-state index contributed by atoms with van der Waals surface area (Å²) in [5.41, 5.74) is 7.29. The molecule has 0 spiro atoms. The molecule has 0 aromatic heterocycles. The number of likely N-dealkylation sites (N-methyl/N-ethyl adjacent to an activating group) is 1. The highest BCUT2D eigenvalue weighted by molar-refractivity contribution is 6.17. The molecule has 4 N–H and O–H groups in total. The molecule has 7 nitrogen and oxygen atoms in total. The minimum Gasteiger partial charge on any atom is -0.369 e. The first-order chi connectivity index (χ1) is 15.3. The molecule has 0 radical (unpaired) electrons. The highest BCUT2D eigenvalue weighted by atomic mass is 16.2. The van der Waals surface area contributed by atoms with Crippen molar-refractivity contribution < 1.29 is 14.4 Å². The lowest BCUT2D eigenvalue weighted by molar-refractivity contribution is -0.129. The number of carbonyl (C=O) groups excluding carboxylic acids is 3. The number of carbonyl (C=O) groups is 3. The number of anilines is 1. The van der Waals surface area contributed by atoms with Crippen LogP contribution < -0.4 is 16.0 Å². The largest absolute Gasteiger partial charge is 0.369 e. The van der Waals surface area contributed by atoms with Gasteiger partial charge in [0.2, 0.25) is 17.7 Å². The quantitative estimate of drug-likeness (QED) is 0.265. The van der Waals surface area contributed by atoms with Crippen LogP contribution in [0.2, 0.25) is 0 Å². The Hall–Kier alpha value is -3.74. The van der Waals surface area contributed by atoms with Crippen LogP contribution in [0.1, 0.15) is 32.3 Å². The number of hydrogen-bond acceptors (Lipinski definition) is 4. The van der Waals surface area contributed by atoms with Crippen LogP contribution in [0.15, 0.2) is 72.9 Å². The summed E-state index contributed by atoms with van der Waals surface area (Å²) in [4.78, 5) is 37.8. The van der Waals surface area contributed by atoms with Crippen LogP contribution in [-0.4, -0.2) is 37.0 Å². The van der Waals surface area contributed by atoms with E-state index < -0.39 is 17.7 Å². The number of hydrogen-bond donors (Lipinski definition) is 3. The molecule has 1 atom stereocenters. The van der Waals surface area contributed by atoms with E-state index in [0.29, 0.717) is 23.2 Å². The summed E-state index contributed by atoms with van der Waals surface area (Å²) in [6.45, 7) is 7.22. The first-order valence-electron chi connectivity index (χ1n) is 10.3. The van der Waals surface area contributed by atoms with E-state index in [-0.39, 0.29) is 24.6 Å². The fourth-order valence-corrected chi connectivity index (χ4v) is 2.91. The third-order valence-electron chi connectivity index (χ3n) is 4.81. The number of para-hydroxylation sites is 1. The third kappa shape index (κ3) is 7.83. The fraction of sp³-hybridized carbons (Fsp3) is 0.280. The standard InChI is InChI=1S/C25H32N4O3/c1-5-8-12-18(7-3)24(26)20-14-10-11-15-21(20)29(4)23(31)17-28-22(30)16-19(25(27)32)13-9-6-2/h5-12,14-15,19,26H,3,13,16-17H2,1-2,4H3,(H2,27,32)(H,28,30)/b8-5-,9-6-,18-12+,26-24?. The second kappa shape index (κ2) is 13.5. The Morgan fingerprint density at radius 1 is 1.22 bits per heavy atom. The molecule has 0 saturated carbocycles. The molecule has 0 aliphatic heterocycles. The van der Waals surface area contributed by atoms with E-state index in [1.807, 2.05) is 26.0 Å². The monoisotopic (exact) mass is 436 g/mol. The zero-order chi connectivity index (χ0) is 24.1. The number of nitrogens with one attached hydrogen (secondary N) is 2. The fourth-order valence-electron chi connectivity index (χ4n) is 2.91. The predicted octanol–water partition coefficient (Wildman–Crippen LogP) is 3.28. The number of amides is 3. The molecule has 170 valence electrons. The lowest BCUT2D eigenvalue weighted by Crippen LogP contribution is -2.40. The van der Waals surface area contributed by atoms with Crippen LogP contribution >= 0.6 is 0 Å². The van der Waals surface area contributed by atoms with Gasteiger partial charge in [0.15, 0.2) is 0 Å². The van der Waals surface area contributed by atoms with Crippen LogP contribution in [-0.2, 0) is 14.4 Å². The molecular weight excluding hydrogens is 404 g/mol. The number of primary amides is 1. The van der Waals surface area contributed by atoms with Gasteiger partial charge in [-0.2, -0.15) is 0 Å². The average Bonchev–Trinajstić information content (AvgIpc) is 2.79. The van der Waals surface area contributed by atoms with Gasteiger partial charge in [0.1, 0.15) is 0 Å². The number of allylic oxidation sites excluding steroid dienone is 7. The summed E-state index contributed by atoms with van der Waals surface area (Å²) in [7, 11) is 1.59. The summed E-state index contributed by atoms with van der Waals surface area (Å²) < 4.78 is 0. The molecular formula is C25H32N4O3. The maximum Gasteiger partial charge on any atom is 0.246 e. The molecule has 7 heteroatoms. The molecule has 0 saturated heterocycles. The van der Waals surface area contributed by atoms with Gasteiger partial charge in [-0.15, -0.1) is 0 Å². The smallest absolute Gasteiger partial charge is 0.246 e. The average molecular weight is 437 g/mol. The lowest BCUT2D eigenvalue weighted by Gasteiger charge is -2.22. The molecule has 0 heterocycles. The van der Waals surface area contributed by atoms with Gasteiger partial charge >= 0.3 is 0 Å². The lowest BCUT2D eigenvalue weighted by atomic mass is 9.99. The normalized spacial score (nSPS) is 12.5. The van der Waals surface area contributed by atoms with Crippen molar-refractivity contribution in [2.45, 2.75) is 26.7 Å². The Labute approximate surface area is 189 Å². The highest BCUT2D eigenvalue weighted by Gasteiger charge is 2.21. The number of rotatable bonds is 12. The molecule has 1 rings (SSSR count). The summed E-state index contributed by atoms with van der Waals surface area (Å²) in [6.07, 6.45) is 10.9. The Balaban J connectivity index is 2.91. The van der Waals surface area contributed by atoms with Crippen LogP contribution in [0.4, 0.5) is 5.69 Å². The Kier molecular flexibility index (Phi) is 11.1. The number of nitrogens with two attached hydrogens (primary N) is 1. The van der Waals surface area contributed by atoms with E-state index in [0.717, 1.165) is 0 Å². The van der Waals surface area contributed by atoms with Gasteiger partial charge in [0.05, 0.1) is 17.9 Å². The molecule has 3 amide bonds. The Morgan fingerprint density at radius 2 is 1.91 bits per heavy atom. The first kappa shape index (κ1) is 26.3. The Bertz CT molecular complexity index is 944. The predicted molar refractivity (Wildman–Crippen MR) is 130 cm³/mol. The maximum atomic E-state index is 12.7. The van der Waals surface area contributed by atoms with Gasteiger partial charge in [-0.3, -0.25) is 19.8 Å². The van der Waals surface area contributed by atoms with Gasteiger partial charge in [-0.05, 0) is 31.9 Å². The van der Waals surface area contributed by atoms with Crippen molar-refractivity contribution in [1.29, 1.82) is 5.41 Å². The van der Waals surface area contributed by atoms with E-state index in [4.69, 9.17) is 11.1 Å². The van der Waals surface area contributed by atoms with Crippen molar-refractivity contribution in [3.05, 3.63) is 78.4 Å². The molecule has 0 aliphatic carbocycles. The molecule has 0 aliphatic rings. The summed E-state index contributed by atoms with van der Waals surface area (Å²) in [6, 6.07) is 7.06. The van der Waals surface area contributed by atoms with Crippen LogP contribution in [0, 0.1) is 11.3 Å². The van der Waals surface area contributed by atoms with Crippen molar-refractivity contribution in [2.24, 2.45) is 11.7 Å². The van der Waals surface area contributed by atoms with Crippen LogP contribution in [0.5, 0.6) is 0 Å². The second-order valence-electron chi connectivity index (χ2n) is 7.08. The van der Waals surface area contributed by atoms with Crippen LogP contribution in [0.3, 0.4) is 0 Å². The first-order valence-corrected chi connectivity index (χ1v) is 10.3. The van der Waals surface area contributed by atoms with E-state index in [1.54, 1.807) is 55.6 Å². The van der Waals surface area contributed by atoms with Gasteiger partial charge in [0.25, 0.3) is 0 Å². The van der Waals surface area contributed by atoms with Gasteiger partial charge in [0, 0.05) is 24.9 Å². The maximum absolute atomic E-state index is 12.7. The van der Waals surface area contributed by atoms with Gasteiger partial charge in [-0.25, -0.2) is 0 Å². The molecule has 1 aromatic rings. The van der Waals surface area contributed by atoms with Crippen molar-refractivity contribution in [3.8, 4) is 0 Å². The summed E-state index contributed by atoms with van der Waals surface area (Å²) in [5, 5.41) is 11.1. The molecule has 1 aromatic carbocycles. The topological polar surface area (TPSA) is 116 Å². The van der Waals surface area contributed by atoms with Crippen molar-refractivity contribution in [2.75, 3.05) is 18.5 Å². The van der Waals surface area contributed by atoms with Crippen molar-refractivity contribution in [1.82, 2.24) is 5.32 Å². The zero-order valence-electron chi connectivity index (χ0n) is 18.9. The zero-order valence-corrected chi connectivity index (χ0v) is 18.9. The molecule has 1 unspecified atom stereocenters. The minimum atomic E-state index is -0.624. The summed E-state index contributed by atoms with van der Waals surface area (Å²) >= 11 is 0. The summed E-state index contributed by atoms with van der Waals surface area (Å²) in [5.74, 6) is -1.97. The number of nitrogens with zero attached hydrogens (tertiary/aromatic N) is 1. The van der Waals surface area contributed by atoms with Gasteiger partial charge < -0.3 is 16.0 Å². The Morgan fingerprint density at radius 3 is 2.50 bits per heavy atom. The van der Waals surface area contributed by atoms with E-state index in [1.165, 1.54) is 4.90 Å². The van der Waals surface area contributed by atoms with Crippen LogP contribution in [0.25, 0.3) is 0 Å². The van der Waals surface area contributed by atoms with E-state index >= 15 is 0 Å². The number of benzene rings is 1. The minimum absolute atomic E-state index is 0.0870. The van der Waals surface area contributed by atoms with E-state index in [2.05, 4.69) is 11.9 Å². The van der Waals surface area contributed by atoms with E-state index in [9.17, 15) is 14.4 Å². The highest BCUT2D eigenvalue weighted by Crippen LogP contribution is 2.23. The van der Waals surface area contributed by atoms with Crippen molar-refractivity contribution >= 4 is 29.1 Å². The third-order valence-corrected chi connectivity index (χ3v) is 4.81. The SMILES string of the molecule is C=C/C(=C\C=C/C)C(=N)c1ccccc1N(C)C(=O)CNC(=O)CC(C/C=C\C)C(N)=O. The molecule has 0 bridgehead atoms. The van der Waals surface area contributed by atoms with Crippen molar-refractivity contribution in [3.63, 3.8) is 0 Å². The molecule has 0 fully saturated rings. The second-order valence-corrected chi connectivity index (χ2v) is 7.08.